The molecule has 1 aliphatic rings. The van der Waals surface area contributed by atoms with Gasteiger partial charge in [0, 0.05) is 54.7 Å². The molecule has 2 aromatic carbocycles. The summed E-state index contributed by atoms with van der Waals surface area (Å²) in [6.07, 6.45) is 8.27. The second kappa shape index (κ2) is 9.16. The van der Waals surface area contributed by atoms with Gasteiger partial charge in [-0.05, 0) is 67.2 Å². The number of benzene rings is 2. The van der Waals surface area contributed by atoms with E-state index in [-0.39, 0.29) is 18.3 Å². The molecule has 1 fully saturated rings. The number of carbonyl (C=O) groups excluding carboxylic acids is 1. The topological polar surface area (TPSA) is 60.2 Å². The highest BCUT2D eigenvalue weighted by Gasteiger charge is 2.18. The summed E-state index contributed by atoms with van der Waals surface area (Å²) >= 11 is 0. The number of aromatic nitrogens is 3. The van der Waals surface area contributed by atoms with Crippen molar-refractivity contribution in [3.63, 3.8) is 0 Å². The Morgan fingerprint density at radius 3 is 2.48 bits per heavy atom. The highest BCUT2D eigenvalue weighted by molar-refractivity contribution is 5.98. The van der Waals surface area contributed by atoms with Gasteiger partial charge >= 0.3 is 0 Å². The third kappa shape index (κ3) is 4.96. The summed E-state index contributed by atoms with van der Waals surface area (Å²) in [4.78, 5) is 19.7. The molecule has 0 saturated carbocycles. The normalized spacial score (nSPS) is 15.1. The molecule has 1 saturated heterocycles. The molecule has 0 unspecified atom stereocenters. The predicted molar refractivity (Wildman–Crippen MR) is 130 cm³/mol. The summed E-state index contributed by atoms with van der Waals surface area (Å²) < 4.78 is 7.89. The molecular formula is C27H28N4O2. The number of aryl methyl sites for hydroxylation is 1. The number of ether oxygens (including phenoxy) is 1. The molecule has 6 nitrogen and oxygen atoms in total. The van der Waals surface area contributed by atoms with Crippen LogP contribution in [0.3, 0.4) is 0 Å². The SMILES string of the molecule is CN1CCC(Oc2ccc(C(=O)Cc3cc4cc(-c5cnn(C)c5)ccc4cn3)cc2)CC1. The van der Waals surface area contributed by atoms with Crippen LogP contribution in [-0.4, -0.2) is 51.7 Å². The van der Waals surface area contributed by atoms with E-state index < -0.39 is 0 Å². The number of carbonyl (C=O) groups is 1. The summed E-state index contributed by atoms with van der Waals surface area (Å²) in [5, 5.41) is 6.37. The maximum absolute atomic E-state index is 12.9. The molecule has 5 rings (SSSR count). The van der Waals surface area contributed by atoms with Crippen LogP contribution in [0.4, 0.5) is 0 Å². The Hall–Kier alpha value is -3.51. The Kier molecular flexibility index (Phi) is 5.92. The Morgan fingerprint density at radius 2 is 1.76 bits per heavy atom. The van der Waals surface area contributed by atoms with Crippen molar-refractivity contribution in [2.45, 2.75) is 25.4 Å². The van der Waals surface area contributed by atoms with E-state index in [4.69, 9.17) is 4.74 Å². The third-order valence-electron chi connectivity index (χ3n) is 6.30. The minimum absolute atomic E-state index is 0.0519. The fourth-order valence-corrected chi connectivity index (χ4v) is 4.31. The monoisotopic (exact) mass is 440 g/mol. The number of piperidine rings is 1. The number of fused-ring (bicyclic) bond motifs is 1. The van der Waals surface area contributed by atoms with Crippen molar-refractivity contribution in [2.24, 2.45) is 7.05 Å². The Labute approximate surface area is 193 Å². The number of likely N-dealkylation sites (tertiary alicyclic amines) is 1. The lowest BCUT2D eigenvalue weighted by atomic mass is 10.0. The maximum Gasteiger partial charge on any atom is 0.168 e. The minimum Gasteiger partial charge on any atom is -0.490 e. The van der Waals surface area contributed by atoms with Crippen LogP contribution >= 0.6 is 0 Å². The molecule has 0 atom stereocenters. The van der Waals surface area contributed by atoms with Gasteiger partial charge in [-0.15, -0.1) is 0 Å². The van der Waals surface area contributed by atoms with E-state index in [1.165, 1.54) is 0 Å². The van der Waals surface area contributed by atoms with Crippen molar-refractivity contribution in [2.75, 3.05) is 20.1 Å². The lowest BCUT2D eigenvalue weighted by molar-refractivity contribution is 0.0991. The smallest absolute Gasteiger partial charge is 0.168 e. The van der Waals surface area contributed by atoms with Crippen molar-refractivity contribution in [1.29, 1.82) is 0 Å². The Balaban J connectivity index is 1.27. The van der Waals surface area contributed by atoms with Gasteiger partial charge in [0.15, 0.2) is 5.78 Å². The first-order valence-electron chi connectivity index (χ1n) is 11.4. The largest absolute Gasteiger partial charge is 0.490 e. The molecule has 6 heteroatoms. The van der Waals surface area contributed by atoms with E-state index in [1.807, 2.05) is 56.0 Å². The third-order valence-corrected chi connectivity index (χ3v) is 6.30. The fourth-order valence-electron chi connectivity index (χ4n) is 4.31. The predicted octanol–water partition coefficient (Wildman–Crippen LogP) is 4.53. The molecule has 3 heterocycles. The number of rotatable bonds is 6. The van der Waals surface area contributed by atoms with Crippen LogP contribution in [0.5, 0.6) is 5.75 Å². The number of hydrogen-bond acceptors (Lipinski definition) is 5. The van der Waals surface area contributed by atoms with Crippen LogP contribution in [0.25, 0.3) is 21.9 Å². The van der Waals surface area contributed by atoms with E-state index in [0.29, 0.717) is 5.56 Å². The van der Waals surface area contributed by atoms with Crippen LogP contribution in [0.15, 0.2) is 67.1 Å². The van der Waals surface area contributed by atoms with E-state index >= 15 is 0 Å². The molecule has 0 amide bonds. The summed E-state index contributed by atoms with van der Waals surface area (Å²) in [6.45, 7) is 2.12. The summed E-state index contributed by atoms with van der Waals surface area (Å²) in [5.74, 6) is 0.879. The van der Waals surface area contributed by atoms with E-state index in [2.05, 4.69) is 40.2 Å². The first kappa shape index (κ1) is 21.3. The Morgan fingerprint density at radius 1 is 0.970 bits per heavy atom. The summed E-state index contributed by atoms with van der Waals surface area (Å²) in [6, 6.07) is 15.8. The zero-order valence-electron chi connectivity index (χ0n) is 19.1. The average molecular weight is 441 g/mol. The summed E-state index contributed by atoms with van der Waals surface area (Å²) in [7, 11) is 4.05. The van der Waals surface area contributed by atoms with Crippen LogP contribution in [0.2, 0.25) is 0 Å². The number of hydrogen-bond donors (Lipinski definition) is 0. The van der Waals surface area contributed by atoms with Gasteiger partial charge in [-0.3, -0.25) is 14.5 Å². The molecular weight excluding hydrogens is 412 g/mol. The molecule has 2 aromatic heterocycles. The Bertz CT molecular complexity index is 1270. The van der Waals surface area contributed by atoms with Crippen molar-refractivity contribution < 1.29 is 9.53 Å². The van der Waals surface area contributed by atoms with Crippen LogP contribution < -0.4 is 4.74 Å². The second-order valence-corrected chi connectivity index (χ2v) is 8.89. The van der Waals surface area contributed by atoms with Crippen LogP contribution in [0.1, 0.15) is 28.9 Å². The van der Waals surface area contributed by atoms with Crippen molar-refractivity contribution in [1.82, 2.24) is 19.7 Å². The fraction of sp³-hybridized carbons (Fsp3) is 0.296. The van der Waals surface area contributed by atoms with Gasteiger partial charge in [0.05, 0.1) is 12.6 Å². The molecule has 168 valence electrons. The number of ketones is 1. The quantitative estimate of drug-likeness (QED) is 0.412. The first-order chi connectivity index (χ1) is 16.0. The minimum atomic E-state index is 0.0519. The average Bonchev–Trinajstić information content (AvgIpc) is 3.27. The summed E-state index contributed by atoms with van der Waals surface area (Å²) in [5.41, 5.74) is 3.61. The molecule has 0 spiro atoms. The molecule has 4 aromatic rings. The van der Waals surface area contributed by atoms with E-state index in [0.717, 1.165) is 59.3 Å². The highest BCUT2D eigenvalue weighted by atomic mass is 16.5. The standard InChI is InChI=1S/C27H28N4O2/c1-30-11-9-26(10-12-30)33-25-7-5-19(6-8-25)27(32)15-24-14-22-13-20(3-4-21(22)16-28-24)23-17-29-31(2)18-23/h3-8,13-14,16-18,26H,9-12,15H2,1-2H3. The van der Waals surface area contributed by atoms with Crippen molar-refractivity contribution >= 4 is 16.6 Å². The van der Waals surface area contributed by atoms with Gasteiger partial charge in [-0.25, -0.2) is 0 Å². The van der Waals surface area contributed by atoms with Crippen LogP contribution in [0, 0.1) is 0 Å². The molecule has 0 bridgehead atoms. The number of pyridine rings is 1. The second-order valence-electron chi connectivity index (χ2n) is 8.89. The van der Waals surface area contributed by atoms with Crippen molar-refractivity contribution in [3.8, 4) is 16.9 Å². The molecule has 0 aliphatic carbocycles. The van der Waals surface area contributed by atoms with Gasteiger partial charge in [0.2, 0.25) is 0 Å². The van der Waals surface area contributed by atoms with E-state index in [1.54, 1.807) is 4.68 Å². The lowest BCUT2D eigenvalue weighted by Crippen LogP contribution is -2.35. The molecule has 0 N–H and O–H groups in total. The van der Waals surface area contributed by atoms with Crippen LogP contribution in [-0.2, 0) is 13.5 Å². The van der Waals surface area contributed by atoms with E-state index in [9.17, 15) is 4.79 Å². The van der Waals surface area contributed by atoms with Gasteiger partial charge < -0.3 is 9.64 Å². The molecule has 0 radical (unpaired) electrons. The lowest BCUT2D eigenvalue weighted by Gasteiger charge is -2.29. The number of nitrogens with zero attached hydrogens (tertiary/aromatic N) is 4. The zero-order chi connectivity index (χ0) is 22.8. The molecule has 33 heavy (non-hydrogen) atoms. The zero-order valence-corrected chi connectivity index (χ0v) is 19.1. The van der Waals surface area contributed by atoms with Gasteiger partial charge in [0.25, 0.3) is 0 Å². The van der Waals surface area contributed by atoms with Gasteiger partial charge in [-0.2, -0.15) is 5.10 Å². The molecule has 1 aliphatic heterocycles. The highest BCUT2D eigenvalue weighted by Crippen LogP contribution is 2.25. The van der Waals surface area contributed by atoms with Gasteiger partial charge in [0.1, 0.15) is 11.9 Å². The first-order valence-corrected chi connectivity index (χ1v) is 11.4. The number of Topliss-reactive ketones (excluding diaryl/α,β-unsaturated/α-hetero) is 1. The van der Waals surface area contributed by atoms with Gasteiger partial charge in [-0.1, -0.05) is 12.1 Å². The van der Waals surface area contributed by atoms with Crippen molar-refractivity contribution in [3.05, 3.63) is 78.4 Å². The maximum atomic E-state index is 12.9.